The summed E-state index contributed by atoms with van der Waals surface area (Å²) >= 11 is 0. The van der Waals surface area contributed by atoms with E-state index in [4.69, 9.17) is 8.83 Å². The van der Waals surface area contributed by atoms with Crippen LogP contribution in [0.5, 0.6) is 0 Å². The molecule has 0 unspecified atom stereocenters. The van der Waals surface area contributed by atoms with Gasteiger partial charge in [-0.05, 0) is 237 Å². The average molecular weight is 1190 g/mol. The van der Waals surface area contributed by atoms with Gasteiger partial charge in [0.2, 0.25) is 0 Å². The molecule has 2 heteroatoms. The van der Waals surface area contributed by atoms with Crippen LogP contribution in [-0.2, 0) is 0 Å². The minimum atomic E-state index is 0.887. The summed E-state index contributed by atoms with van der Waals surface area (Å²) in [5, 5.41) is 23.8. The standard InChI is InChI=1S/C92H54O2/c1-3-17-55(18-4-1)69-43-44-79(92-77-29-15-13-27-75(77)90(76-28-14-16-30-78(76)92)68-38-41-72-83-49-58-22-8-10-24-60(58)52-88(83)94-86(72)54-68)70-39-35-64(47-81(69)70)65-37-42-80-84(50-65)91(74-26-12-11-25-73(74)89(80)56-19-5-2-6-20-56)67-34-33-61-45-62(31-32-63(61)46-67)66-36-40-71-82-48-57-21-7-9-23-59(57)51-87(82)93-85(71)53-66/h1-54H. The van der Waals surface area contributed by atoms with Gasteiger partial charge >= 0.3 is 0 Å². The molecule has 0 amide bonds. The molecule has 0 N–H and O–H groups in total. The van der Waals surface area contributed by atoms with E-state index < -0.39 is 0 Å². The van der Waals surface area contributed by atoms with Crippen molar-refractivity contribution in [1.29, 1.82) is 0 Å². The Morgan fingerprint density at radius 3 is 1.03 bits per heavy atom. The van der Waals surface area contributed by atoms with E-state index in [1.54, 1.807) is 0 Å². The molecule has 434 valence electrons. The molecule has 0 spiro atoms. The van der Waals surface area contributed by atoms with Gasteiger partial charge in [0, 0.05) is 21.5 Å². The number of fused-ring (bicyclic) bond motifs is 14. The van der Waals surface area contributed by atoms with Crippen molar-refractivity contribution in [3.8, 4) is 77.9 Å². The lowest BCUT2D eigenvalue weighted by atomic mass is 9.83. The van der Waals surface area contributed by atoms with E-state index in [1.165, 1.54) is 136 Å². The summed E-state index contributed by atoms with van der Waals surface area (Å²) < 4.78 is 13.3. The third kappa shape index (κ3) is 8.16. The number of benzene rings is 18. The molecule has 94 heavy (non-hydrogen) atoms. The molecule has 18 aromatic carbocycles. The third-order valence-corrected chi connectivity index (χ3v) is 20.2. The first-order valence-corrected chi connectivity index (χ1v) is 32.4. The minimum Gasteiger partial charge on any atom is -0.456 e. The zero-order chi connectivity index (χ0) is 61.5. The smallest absolute Gasteiger partial charge is 0.136 e. The van der Waals surface area contributed by atoms with Crippen molar-refractivity contribution in [2.45, 2.75) is 0 Å². The lowest BCUT2D eigenvalue weighted by molar-refractivity contribution is 0.669. The highest BCUT2D eigenvalue weighted by Gasteiger charge is 2.23. The summed E-state index contributed by atoms with van der Waals surface area (Å²) in [5.41, 5.74) is 20.2. The fraction of sp³-hybridized carbons (Fsp3) is 0. The van der Waals surface area contributed by atoms with E-state index in [0.717, 1.165) is 71.7 Å². The Balaban J connectivity index is 0.747. The number of rotatable bonds is 7. The molecule has 0 saturated carbocycles. The number of furan rings is 2. The van der Waals surface area contributed by atoms with E-state index in [0.29, 0.717) is 0 Å². The molecule has 2 aromatic heterocycles. The lowest BCUT2D eigenvalue weighted by Crippen LogP contribution is -1.93. The van der Waals surface area contributed by atoms with Crippen LogP contribution >= 0.6 is 0 Å². The molecule has 20 aromatic rings. The first kappa shape index (κ1) is 52.4. The summed E-state index contributed by atoms with van der Waals surface area (Å²) in [6.45, 7) is 0. The molecule has 0 radical (unpaired) electrons. The lowest BCUT2D eigenvalue weighted by Gasteiger charge is -2.20. The molecule has 0 bridgehead atoms. The molecule has 0 aliphatic carbocycles. The van der Waals surface area contributed by atoms with E-state index in [-0.39, 0.29) is 0 Å². The topological polar surface area (TPSA) is 26.3 Å². The molecule has 0 fully saturated rings. The van der Waals surface area contributed by atoms with Crippen LogP contribution in [0.2, 0.25) is 0 Å². The van der Waals surface area contributed by atoms with Crippen molar-refractivity contribution in [1.82, 2.24) is 0 Å². The largest absolute Gasteiger partial charge is 0.456 e. The van der Waals surface area contributed by atoms with Crippen LogP contribution < -0.4 is 0 Å². The van der Waals surface area contributed by atoms with Crippen LogP contribution in [0.4, 0.5) is 0 Å². The molecule has 20 rings (SSSR count). The third-order valence-electron chi connectivity index (χ3n) is 20.2. The van der Waals surface area contributed by atoms with Gasteiger partial charge in [0.05, 0.1) is 0 Å². The van der Waals surface area contributed by atoms with Crippen LogP contribution in [0, 0.1) is 0 Å². The first-order valence-electron chi connectivity index (χ1n) is 32.4. The SMILES string of the molecule is c1ccc(-c2ccc(-c3c4ccccc4c(-c4ccc5c(c4)oc4cc6ccccc6cc45)c4ccccc34)c3ccc(-c4ccc5c(-c6ccccc6)c6ccccc6c(-c6ccc7cc(-c8ccc9c(c8)oc8cc%10ccccc%10cc89)ccc7c6)c5c4)cc23)cc1. The van der Waals surface area contributed by atoms with Crippen LogP contribution in [0.15, 0.2) is 336 Å². The maximum Gasteiger partial charge on any atom is 0.136 e. The molecular formula is C92H54O2. The molecule has 0 aliphatic heterocycles. The summed E-state index contributed by atoms with van der Waals surface area (Å²) in [5.74, 6) is 0. The maximum atomic E-state index is 6.71. The molecule has 0 saturated heterocycles. The van der Waals surface area contributed by atoms with E-state index in [2.05, 4.69) is 328 Å². The summed E-state index contributed by atoms with van der Waals surface area (Å²) in [6, 6.07) is 121. The van der Waals surface area contributed by atoms with Crippen molar-refractivity contribution in [2.75, 3.05) is 0 Å². The van der Waals surface area contributed by atoms with Gasteiger partial charge in [0.15, 0.2) is 0 Å². The van der Waals surface area contributed by atoms with Crippen molar-refractivity contribution >= 4 is 130 Å². The van der Waals surface area contributed by atoms with Gasteiger partial charge in [-0.2, -0.15) is 0 Å². The highest BCUT2D eigenvalue weighted by atomic mass is 16.3. The van der Waals surface area contributed by atoms with Crippen LogP contribution in [-0.4, -0.2) is 0 Å². The van der Waals surface area contributed by atoms with Crippen LogP contribution in [0.25, 0.3) is 208 Å². The number of hydrogen-bond acceptors (Lipinski definition) is 2. The van der Waals surface area contributed by atoms with E-state index >= 15 is 0 Å². The minimum absolute atomic E-state index is 0.887. The second-order valence-electron chi connectivity index (χ2n) is 25.3. The average Bonchev–Trinajstić information content (AvgIpc) is 1.02. The van der Waals surface area contributed by atoms with Crippen LogP contribution in [0.3, 0.4) is 0 Å². The van der Waals surface area contributed by atoms with Gasteiger partial charge in [0.1, 0.15) is 22.3 Å². The van der Waals surface area contributed by atoms with Gasteiger partial charge in [0.25, 0.3) is 0 Å². The van der Waals surface area contributed by atoms with Gasteiger partial charge in [-0.1, -0.05) is 255 Å². The Labute approximate surface area is 541 Å². The molecule has 0 atom stereocenters. The Bertz CT molecular complexity index is 6530. The predicted octanol–water partition coefficient (Wildman–Crippen LogP) is 26.4. The highest BCUT2D eigenvalue weighted by Crippen LogP contribution is 2.50. The normalized spacial score (nSPS) is 12.0. The van der Waals surface area contributed by atoms with E-state index in [1.807, 2.05) is 0 Å². The van der Waals surface area contributed by atoms with E-state index in [9.17, 15) is 0 Å². The van der Waals surface area contributed by atoms with Crippen molar-refractivity contribution in [2.24, 2.45) is 0 Å². The molecule has 0 aliphatic rings. The van der Waals surface area contributed by atoms with Crippen molar-refractivity contribution < 1.29 is 8.83 Å². The maximum absolute atomic E-state index is 6.71. The molecule has 2 heterocycles. The first-order chi connectivity index (χ1) is 46.6. The predicted molar refractivity (Wildman–Crippen MR) is 399 cm³/mol. The van der Waals surface area contributed by atoms with Crippen molar-refractivity contribution in [3.05, 3.63) is 328 Å². The zero-order valence-electron chi connectivity index (χ0n) is 51.0. The summed E-state index contributed by atoms with van der Waals surface area (Å²) in [6.07, 6.45) is 0. The summed E-state index contributed by atoms with van der Waals surface area (Å²) in [4.78, 5) is 0. The molecular weight excluding hydrogens is 1140 g/mol. The Hall–Kier alpha value is -12.4. The van der Waals surface area contributed by atoms with Crippen molar-refractivity contribution in [3.63, 3.8) is 0 Å². The summed E-state index contributed by atoms with van der Waals surface area (Å²) in [7, 11) is 0. The molecule has 2 nitrogen and oxygen atoms in total. The van der Waals surface area contributed by atoms with Gasteiger partial charge in [-0.3, -0.25) is 0 Å². The van der Waals surface area contributed by atoms with Gasteiger partial charge in [-0.15, -0.1) is 0 Å². The highest BCUT2D eigenvalue weighted by molar-refractivity contribution is 6.26. The number of hydrogen-bond donors (Lipinski definition) is 0. The fourth-order valence-electron chi connectivity index (χ4n) is 15.8. The van der Waals surface area contributed by atoms with Gasteiger partial charge < -0.3 is 8.83 Å². The Morgan fingerprint density at radius 2 is 0.468 bits per heavy atom. The fourth-order valence-corrected chi connectivity index (χ4v) is 15.8. The zero-order valence-corrected chi connectivity index (χ0v) is 51.0. The van der Waals surface area contributed by atoms with Crippen LogP contribution in [0.1, 0.15) is 0 Å². The monoisotopic (exact) mass is 1190 g/mol. The second kappa shape index (κ2) is 20.6. The second-order valence-corrected chi connectivity index (χ2v) is 25.3. The Morgan fingerprint density at radius 1 is 0.138 bits per heavy atom. The van der Waals surface area contributed by atoms with Gasteiger partial charge in [-0.25, -0.2) is 0 Å². The Kier molecular flexibility index (Phi) is 11.5. The quantitative estimate of drug-likeness (QED) is 0.149.